The van der Waals surface area contributed by atoms with E-state index in [1.54, 1.807) is 24.3 Å². The molecule has 0 spiro atoms. The Morgan fingerprint density at radius 3 is 1.97 bits per heavy atom. The second-order valence-corrected chi connectivity index (χ2v) is 7.15. The molecule has 7 heteroatoms. The quantitative estimate of drug-likeness (QED) is 0.614. The van der Waals surface area contributed by atoms with Crippen LogP contribution in [0.25, 0.3) is 0 Å². The molecule has 0 aliphatic carbocycles. The van der Waals surface area contributed by atoms with Gasteiger partial charge in [-0.1, -0.05) is 24.3 Å². The zero-order chi connectivity index (χ0) is 20.8. The van der Waals surface area contributed by atoms with Gasteiger partial charge in [-0.2, -0.15) is 0 Å². The van der Waals surface area contributed by atoms with Gasteiger partial charge >= 0.3 is 0 Å². The molecule has 0 bridgehead atoms. The van der Waals surface area contributed by atoms with E-state index in [1.807, 2.05) is 18.7 Å². The first-order chi connectivity index (χ1) is 13.9. The molecule has 0 aliphatic heterocycles. The molecular formula is C22H23F2N3O2. The summed E-state index contributed by atoms with van der Waals surface area (Å²) in [5, 5.41) is 2.77. The lowest BCUT2D eigenvalue weighted by Crippen LogP contribution is -2.30. The Morgan fingerprint density at radius 1 is 0.966 bits per heavy atom. The van der Waals surface area contributed by atoms with Gasteiger partial charge in [0.05, 0.1) is 6.54 Å². The first kappa shape index (κ1) is 20.7. The molecule has 152 valence electrons. The maximum atomic E-state index is 13.2. The van der Waals surface area contributed by atoms with Crippen molar-refractivity contribution in [1.82, 2.24) is 15.2 Å². The van der Waals surface area contributed by atoms with Crippen LogP contribution in [0.15, 0.2) is 59.2 Å². The number of carbonyl (C=O) groups excluding carboxylic acids is 1. The Balaban J connectivity index is 1.75. The molecule has 0 aliphatic rings. The van der Waals surface area contributed by atoms with Crippen LogP contribution >= 0.6 is 0 Å². The largest absolute Gasteiger partial charge is 0.447 e. The molecule has 1 heterocycles. The lowest BCUT2D eigenvalue weighted by molar-refractivity contribution is 0.0938. The third-order valence-electron chi connectivity index (χ3n) is 4.20. The van der Waals surface area contributed by atoms with E-state index < -0.39 is 0 Å². The Bertz CT molecular complexity index is 890. The number of benzene rings is 2. The number of amides is 1. The van der Waals surface area contributed by atoms with Crippen molar-refractivity contribution in [3.63, 3.8) is 0 Å². The highest BCUT2D eigenvalue weighted by Crippen LogP contribution is 2.15. The summed E-state index contributed by atoms with van der Waals surface area (Å²) in [7, 11) is 0. The van der Waals surface area contributed by atoms with Crippen LogP contribution in [0.2, 0.25) is 0 Å². The molecule has 1 N–H and O–H groups in total. The molecular weight excluding hydrogens is 376 g/mol. The van der Waals surface area contributed by atoms with Crippen molar-refractivity contribution in [2.45, 2.75) is 39.5 Å². The van der Waals surface area contributed by atoms with Gasteiger partial charge in [-0.25, -0.2) is 13.8 Å². The van der Waals surface area contributed by atoms with Crippen molar-refractivity contribution in [3.8, 4) is 0 Å². The van der Waals surface area contributed by atoms with Gasteiger partial charge in [-0.05, 0) is 49.2 Å². The number of rotatable bonds is 8. The fourth-order valence-corrected chi connectivity index (χ4v) is 2.88. The predicted octanol–water partition coefficient (Wildman–Crippen LogP) is 4.29. The van der Waals surface area contributed by atoms with Crippen molar-refractivity contribution in [3.05, 3.63) is 89.1 Å². The van der Waals surface area contributed by atoms with Crippen LogP contribution in [0.1, 0.15) is 41.4 Å². The summed E-state index contributed by atoms with van der Waals surface area (Å²) in [5.74, 6) is -0.499. The summed E-state index contributed by atoms with van der Waals surface area (Å²) in [6.45, 7) is 5.09. The monoisotopic (exact) mass is 399 g/mol. The molecule has 0 radical (unpaired) electrons. The fraction of sp³-hybridized carbons (Fsp3) is 0.273. The van der Waals surface area contributed by atoms with Gasteiger partial charge in [0.25, 0.3) is 5.91 Å². The van der Waals surface area contributed by atoms with E-state index in [9.17, 15) is 13.6 Å². The molecule has 0 atom stereocenters. The average Bonchev–Trinajstić information content (AvgIpc) is 3.13. The zero-order valence-corrected chi connectivity index (χ0v) is 16.4. The zero-order valence-electron chi connectivity index (χ0n) is 16.4. The summed E-state index contributed by atoms with van der Waals surface area (Å²) in [6, 6.07) is 12.5. The van der Waals surface area contributed by atoms with Gasteiger partial charge in [0, 0.05) is 19.1 Å². The lowest BCUT2D eigenvalue weighted by Gasteiger charge is -2.21. The summed E-state index contributed by atoms with van der Waals surface area (Å²) in [4.78, 5) is 18.4. The molecule has 29 heavy (non-hydrogen) atoms. The molecule has 0 saturated heterocycles. The maximum Gasteiger partial charge on any atom is 0.273 e. The lowest BCUT2D eigenvalue weighted by atomic mass is 10.1. The topological polar surface area (TPSA) is 58.4 Å². The minimum absolute atomic E-state index is 0.00361. The highest BCUT2D eigenvalue weighted by molar-refractivity contribution is 5.92. The van der Waals surface area contributed by atoms with Gasteiger partial charge in [0.1, 0.15) is 17.9 Å². The minimum atomic E-state index is -0.299. The van der Waals surface area contributed by atoms with Crippen LogP contribution < -0.4 is 5.32 Å². The number of carbonyl (C=O) groups is 1. The number of nitrogens with zero attached hydrogens (tertiary/aromatic N) is 2. The Kier molecular flexibility index (Phi) is 6.72. The second-order valence-electron chi connectivity index (χ2n) is 7.15. The second kappa shape index (κ2) is 9.43. The number of halogens is 2. The highest BCUT2D eigenvalue weighted by atomic mass is 19.1. The molecule has 0 fully saturated rings. The van der Waals surface area contributed by atoms with Gasteiger partial charge in [-0.15, -0.1) is 0 Å². The molecule has 1 aromatic heterocycles. The van der Waals surface area contributed by atoms with Crippen LogP contribution in [-0.2, 0) is 19.6 Å². The number of oxazole rings is 1. The van der Waals surface area contributed by atoms with E-state index in [0.717, 1.165) is 11.1 Å². The van der Waals surface area contributed by atoms with E-state index in [2.05, 4.69) is 10.3 Å². The number of nitrogens with one attached hydrogen (secondary N) is 1. The van der Waals surface area contributed by atoms with Crippen molar-refractivity contribution < 1.29 is 18.0 Å². The molecule has 5 nitrogen and oxygen atoms in total. The van der Waals surface area contributed by atoms with E-state index in [0.29, 0.717) is 25.5 Å². The minimum Gasteiger partial charge on any atom is -0.447 e. The van der Waals surface area contributed by atoms with E-state index >= 15 is 0 Å². The number of hydrogen-bond acceptors (Lipinski definition) is 4. The standard InChI is InChI=1S/C22H23F2N3O2/c1-15(2)25-22(28)20-14-29-21(26-20)13-27(11-16-3-7-18(23)8-4-16)12-17-5-9-19(24)10-6-17/h3-10,14-15H,11-13H2,1-2H3,(H,25,28). The summed E-state index contributed by atoms with van der Waals surface area (Å²) < 4.78 is 31.9. The van der Waals surface area contributed by atoms with Crippen LogP contribution in [0.5, 0.6) is 0 Å². The average molecular weight is 399 g/mol. The van der Waals surface area contributed by atoms with Crippen LogP contribution in [0, 0.1) is 11.6 Å². The Morgan fingerprint density at radius 2 is 1.48 bits per heavy atom. The molecule has 0 unspecified atom stereocenters. The smallest absolute Gasteiger partial charge is 0.273 e. The van der Waals surface area contributed by atoms with Crippen molar-refractivity contribution >= 4 is 5.91 Å². The van der Waals surface area contributed by atoms with E-state index in [-0.39, 0.29) is 29.3 Å². The van der Waals surface area contributed by atoms with Gasteiger partial charge in [0.2, 0.25) is 5.89 Å². The number of hydrogen-bond donors (Lipinski definition) is 1. The van der Waals surface area contributed by atoms with Crippen LogP contribution in [-0.4, -0.2) is 21.8 Å². The molecule has 3 aromatic rings. The van der Waals surface area contributed by atoms with E-state index in [1.165, 1.54) is 30.5 Å². The fourth-order valence-electron chi connectivity index (χ4n) is 2.88. The Hall–Kier alpha value is -3.06. The Labute approximate surface area is 168 Å². The summed E-state index contributed by atoms with van der Waals surface area (Å²) >= 11 is 0. The predicted molar refractivity (Wildman–Crippen MR) is 105 cm³/mol. The van der Waals surface area contributed by atoms with E-state index in [4.69, 9.17) is 4.42 Å². The molecule has 3 rings (SSSR count). The maximum absolute atomic E-state index is 13.2. The number of aromatic nitrogens is 1. The third-order valence-corrected chi connectivity index (χ3v) is 4.20. The van der Waals surface area contributed by atoms with Gasteiger partial charge in [0.15, 0.2) is 5.69 Å². The van der Waals surface area contributed by atoms with Gasteiger partial charge in [-0.3, -0.25) is 9.69 Å². The third kappa shape index (κ3) is 6.22. The SMILES string of the molecule is CC(C)NC(=O)c1coc(CN(Cc2ccc(F)cc2)Cc2ccc(F)cc2)n1. The van der Waals surface area contributed by atoms with Crippen LogP contribution in [0.4, 0.5) is 8.78 Å². The highest BCUT2D eigenvalue weighted by Gasteiger charge is 2.16. The van der Waals surface area contributed by atoms with Crippen molar-refractivity contribution in [2.24, 2.45) is 0 Å². The van der Waals surface area contributed by atoms with Crippen molar-refractivity contribution in [1.29, 1.82) is 0 Å². The van der Waals surface area contributed by atoms with Crippen LogP contribution in [0.3, 0.4) is 0 Å². The summed E-state index contributed by atoms with van der Waals surface area (Å²) in [5.41, 5.74) is 2.05. The molecule has 0 saturated carbocycles. The normalized spacial score (nSPS) is 11.2. The first-order valence-corrected chi connectivity index (χ1v) is 9.35. The summed E-state index contributed by atoms with van der Waals surface area (Å²) in [6.07, 6.45) is 1.33. The molecule has 2 aromatic carbocycles. The first-order valence-electron chi connectivity index (χ1n) is 9.35. The van der Waals surface area contributed by atoms with Crippen molar-refractivity contribution in [2.75, 3.05) is 0 Å². The van der Waals surface area contributed by atoms with Gasteiger partial charge < -0.3 is 9.73 Å². The molecule has 1 amide bonds.